The summed E-state index contributed by atoms with van der Waals surface area (Å²) in [6, 6.07) is 16.6. The van der Waals surface area contributed by atoms with Gasteiger partial charge < -0.3 is 9.92 Å². The minimum atomic E-state index is -4.10. The molecule has 2 aromatic carbocycles. The highest BCUT2D eigenvalue weighted by molar-refractivity contribution is 7.87. The summed E-state index contributed by atoms with van der Waals surface area (Å²) in [6.45, 7) is 0. The van der Waals surface area contributed by atoms with Crippen molar-refractivity contribution in [3.05, 3.63) is 72.5 Å². The summed E-state index contributed by atoms with van der Waals surface area (Å²) >= 11 is 0. The molecule has 5 nitrogen and oxygen atoms in total. The molecule has 2 N–H and O–H groups in total. The molecule has 0 aliphatic rings. The molecular weight excluding hydrogens is 331 g/mol. The number of hydrogen-bond donors (Lipinski definition) is 1. The summed E-state index contributed by atoms with van der Waals surface area (Å²) < 4.78 is 42.6. The number of aromatic nitrogens is 1. The summed E-state index contributed by atoms with van der Waals surface area (Å²) in [7, 11) is -4.10. The summed E-state index contributed by atoms with van der Waals surface area (Å²) in [5, 5.41) is 0. The second kappa shape index (κ2) is 6.29. The zero-order chi connectivity index (χ0) is 17.2. The van der Waals surface area contributed by atoms with E-state index in [4.69, 9.17) is 9.92 Å². The van der Waals surface area contributed by atoms with Crippen molar-refractivity contribution in [2.45, 2.75) is 4.90 Å². The third-order valence-electron chi connectivity index (χ3n) is 3.24. The van der Waals surface area contributed by atoms with Crippen LogP contribution in [0.5, 0.6) is 5.75 Å². The molecule has 1 heterocycles. The number of anilines is 1. The Kier molecular flexibility index (Phi) is 4.18. The van der Waals surface area contributed by atoms with Gasteiger partial charge in [-0.1, -0.05) is 18.2 Å². The molecular formula is C17H13FN2O3S. The number of nitrogens with two attached hydrogens (primary N) is 1. The van der Waals surface area contributed by atoms with Gasteiger partial charge in [0, 0.05) is 5.56 Å². The Morgan fingerprint density at radius 1 is 0.917 bits per heavy atom. The van der Waals surface area contributed by atoms with Crippen LogP contribution in [0.15, 0.2) is 71.6 Å². The Morgan fingerprint density at radius 3 is 2.21 bits per heavy atom. The molecule has 0 saturated carbocycles. The van der Waals surface area contributed by atoms with Crippen LogP contribution in [-0.2, 0) is 10.1 Å². The summed E-state index contributed by atoms with van der Waals surface area (Å²) in [5.74, 6) is -0.380. The van der Waals surface area contributed by atoms with E-state index in [-0.39, 0.29) is 22.3 Å². The van der Waals surface area contributed by atoms with Gasteiger partial charge in [0.25, 0.3) is 0 Å². The molecule has 0 saturated heterocycles. The Morgan fingerprint density at radius 2 is 1.58 bits per heavy atom. The molecule has 0 aliphatic carbocycles. The van der Waals surface area contributed by atoms with Gasteiger partial charge >= 0.3 is 10.1 Å². The van der Waals surface area contributed by atoms with Crippen molar-refractivity contribution < 1.29 is 17.0 Å². The van der Waals surface area contributed by atoms with Crippen LogP contribution in [0.1, 0.15) is 0 Å². The van der Waals surface area contributed by atoms with E-state index >= 15 is 0 Å². The minimum Gasteiger partial charge on any atom is -0.382 e. The van der Waals surface area contributed by atoms with Crippen molar-refractivity contribution in [2.75, 3.05) is 5.73 Å². The number of halogens is 1. The summed E-state index contributed by atoms with van der Waals surface area (Å²) in [4.78, 5) is 3.85. The van der Waals surface area contributed by atoms with Gasteiger partial charge in [-0.2, -0.15) is 8.42 Å². The van der Waals surface area contributed by atoms with E-state index < -0.39 is 10.1 Å². The first kappa shape index (κ1) is 15.9. The van der Waals surface area contributed by atoms with Gasteiger partial charge in [-0.3, -0.25) is 0 Å². The SMILES string of the molecule is Nc1nc(-c2ccc(F)cc2)ccc1S(=O)(=O)Oc1ccccc1. The van der Waals surface area contributed by atoms with Gasteiger partial charge in [-0.05, 0) is 48.5 Å². The average molecular weight is 344 g/mol. The number of pyridine rings is 1. The lowest BCUT2D eigenvalue weighted by Gasteiger charge is -2.10. The number of nitrogen functional groups attached to an aromatic ring is 1. The van der Waals surface area contributed by atoms with Gasteiger partial charge in [0.15, 0.2) is 0 Å². The largest absolute Gasteiger partial charge is 0.382 e. The lowest BCUT2D eigenvalue weighted by Crippen LogP contribution is -2.13. The predicted octanol–water partition coefficient (Wildman–Crippen LogP) is 3.24. The van der Waals surface area contributed by atoms with E-state index in [9.17, 15) is 12.8 Å². The van der Waals surface area contributed by atoms with Gasteiger partial charge in [-0.15, -0.1) is 0 Å². The Balaban J connectivity index is 1.93. The maximum atomic E-state index is 13.0. The van der Waals surface area contributed by atoms with Crippen LogP contribution in [-0.4, -0.2) is 13.4 Å². The molecule has 0 unspecified atom stereocenters. The molecule has 0 aliphatic heterocycles. The molecule has 7 heteroatoms. The van der Waals surface area contributed by atoms with Crippen molar-refractivity contribution in [3.8, 4) is 17.0 Å². The van der Waals surface area contributed by atoms with Crippen LogP contribution in [0.3, 0.4) is 0 Å². The Labute approximate surface area is 138 Å². The first-order valence-corrected chi connectivity index (χ1v) is 8.38. The maximum Gasteiger partial charge on any atom is 0.342 e. The predicted molar refractivity (Wildman–Crippen MR) is 88.3 cm³/mol. The quantitative estimate of drug-likeness (QED) is 0.735. The fourth-order valence-corrected chi connectivity index (χ4v) is 3.09. The number of benzene rings is 2. The summed E-state index contributed by atoms with van der Waals surface area (Å²) in [6.07, 6.45) is 0. The number of rotatable bonds is 4. The second-order valence-corrected chi connectivity index (χ2v) is 6.45. The third kappa shape index (κ3) is 3.36. The Hall–Kier alpha value is -2.93. The fraction of sp³-hybridized carbons (Fsp3) is 0. The molecule has 0 spiro atoms. The van der Waals surface area contributed by atoms with Crippen LogP contribution in [0, 0.1) is 5.82 Å². The normalized spacial score (nSPS) is 11.2. The second-order valence-electron chi connectivity index (χ2n) is 4.94. The zero-order valence-corrected chi connectivity index (χ0v) is 13.2. The first-order valence-electron chi connectivity index (χ1n) is 6.98. The van der Waals surface area contributed by atoms with Crippen molar-refractivity contribution in [2.24, 2.45) is 0 Å². The van der Waals surface area contributed by atoms with Crippen LogP contribution in [0.4, 0.5) is 10.2 Å². The summed E-state index contributed by atoms with van der Waals surface area (Å²) in [5.41, 5.74) is 6.84. The third-order valence-corrected chi connectivity index (χ3v) is 4.54. The van der Waals surface area contributed by atoms with Crippen molar-refractivity contribution in [3.63, 3.8) is 0 Å². The topological polar surface area (TPSA) is 82.3 Å². The van der Waals surface area contributed by atoms with E-state index in [1.54, 1.807) is 18.2 Å². The van der Waals surface area contributed by atoms with E-state index in [0.717, 1.165) is 0 Å². The highest BCUT2D eigenvalue weighted by atomic mass is 32.2. The monoisotopic (exact) mass is 344 g/mol. The molecule has 1 aromatic heterocycles. The fourth-order valence-electron chi connectivity index (χ4n) is 2.10. The first-order chi connectivity index (χ1) is 11.5. The lowest BCUT2D eigenvalue weighted by molar-refractivity contribution is 0.486. The molecule has 3 rings (SSSR count). The van der Waals surface area contributed by atoms with Crippen molar-refractivity contribution in [1.82, 2.24) is 4.98 Å². The lowest BCUT2D eigenvalue weighted by atomic mass is 10.1. The van der Waals surface area contributed by atoms with Gasteiger partial charge in [-0.25, -0.2) is 9.37 Å². The van der Waals surface area contributed by atoms with E-state index in [1.165, 1.54) is 48.5 Å². The maximum absolute atomic E-state index is 13.0. The van der Waals surface area contributed by atoms with Crippen LogP contribution < -0.4 is 9.92 Å². The minimum absolute atomic E-state index is 0.180. The van der Waals surface area contributed by atoms with Crippen molar-refractivity contribution >= 4 is 15.9 Å². The molecule has 3 aromatic rings. The van der Waals surface area contributed by atoms with Crippen LogP contribution in [0.2, 0.25) is 0 Å². The molecule has 24 heavy (non-hydrogen) atoms. The molecule has 0 fully saturated rings. The number of para-hydroxylation sites is 1. The van der Waals surface area contributed by atoms with E-state index in [0.29, 0.717) is 11.3 Å². The van der Waals surface area contributed by atoms with Crippen LogP contribution in [0.25, 0.3) is 11.3 Å². The highest BCUT2D eigenvalue weighted by Gasteiger charge is 2.21. The molecule has 0 atom stereocenters. The highest BCUT2D eigenvalue weighted by Crippen LogP contribution is 2.25. The molecule has 0 amide bonds. The molecule has 0 bridgehead atoms. The number of nitrogens with zero attached hydrogens (tertiary/aromatic N) is 1. The van der Waals surface area contributed by atoms with Crippen LogP contribution >= 0.6 is 0 Å². The van der Waals surface area contributed by atoms with Gasteiger partial charge in [0.1, 0.15) is 22.3 Å². The average Bonchev–Trinajstić information content (AvgIpc) is 2.55. The van der Waals surface area contributed by atoms with Gasteiger partial charge in [0.05, 0.1) is 5.69 Å². The Bertz CT molecular complexity index is 959. The smallest absolute Gasteiger partial charge is 0.342 e. The van der Waals surface area contributed by atoms with E-state index in [2.05, 4.69) is 4.98 Å². The number of hydrogen-bond acceptors (Lipinski definition) is 5. The van der Waals surface area contributed by atoms with Gasteiger partial charge in [0.2, 0.25) is 0 Å². The molecule has 122 valence electrons. The van der Waals surface area contributed by atoms with Crippen molar-refractivity contribution in [1.29, 1.82) is 0 Å². The molecule has 0 radical (unpaired) electrons. The zero-order valence-electron chi connectivity index (χ0n) is 12.4. The van der Waals surface area contributed by atoms with E-state index in [1.807, 2.05) is 0 Å². The standard InChI is InChI=1S/C17H13FN2O3S/c18-13-8-6-12(7-9-13)15-10-11-16(17(19)20-15)24(21,22)23-14-4-2-1-3-5-14/h1-11H,(H2,19,20).